The van der Waals surface area contributed by atoms with Gasteiger partial charge in [0.25, 0.3) is 0 Å². The Balaban J connectivity index is 1.65. The van der Waals surface area contributed by atoms with Crippen molar-refractivity contribution in [3.05, 3.63) is 70.8 Å². The van der Waals surface area contributed by atoms with E-state index in [9.17, 15) is 35.9 Å². The molecule has 0 saturated carbocycles. The molecule has 4 nitrogen and oxygen atoms in total. The summed E-state index contributed by atoms with van der Waals surface area (Å²) in [6.07, 6.45) is -8.85. The van der Waals surface area contributed by atoms with E-state index in [1.54, 1.807) is 0 Å². The SMILES string of the molecule is O=C(CSCC(=O)NCc1ccc(C(F)(F)F)cc1)NCc1ccc(C(F)(F)F)cc1. The number of hydrogen-bond donors (Lipinski definition) is 2. The second-order valence-electron chi connectivity index (χ2n) is 6.44. The molecule has 0 fully saturated rings. The van der Waals surface area contributed by atoms with Gasteiger partial charge in [-0.25, -0.2) is 0 Å². The highest BCUT2D eigenvalue weighted by molar-refractivity contribution is 8.00. The summed E-state index contributed by atoms with van der Waals surface area (Å²) in [7, 11) is 0. The molecule has 0 unspecified atom stereocenters. The molecule has 0 aromatic heterocycles. The second-order valence-corrected chi connectivity index (χ2v) is 7.42. The first kappa shape index (κ1) is 24.6. The van der Waals surface area contributed by atoms with Crippen molar-refractivity contribution in [2.45, 2.75) is 25.4 Å². The number of halogens is 6. The molecule has 2 aromatic carbocycles. The maximum Gasteiger partial charge on any atom is 0.416 e. The lowest BCUT2D eigenvalue weighted by Gasteiger charge is -2.09. The Morgan fingerprint density at radius 3 is 1.26 bits per heavy atom. The van der Waals surface area contributed by atoms with Crippen molar-refractivity contribution in [1.82, 2.24) is 10.6 Å². The van der Waals surface area contributed by atoms with E-state index in [2.05, 4.69) is 10.6 Å². The van der Waals surface area contributed by atoms with Gasteiger partial charge < -0.3 is 10.6 Å². The van der Waals surface area contributed by atoms with Crippen LogP contribution >= 0.6 is 11.8 Å². The minimum Gasteiger partial charge on any atom is -0.351 e. The fourth-order valence-corrected chi connectivity index (χ4v) is 3.04. The van der Waals surface area contributed by atoms with Gasteiger partial charge in [-0.3, -0.25) is 9.59 Å². The Bertz CT molecular complexity index is 807. The molecule has 2 rings (SSSR count). The zero-order chi connectivity index (χ0) is 23.1. The number of carbonyl (C=O) groups excluding carboxylic acids is 2. The fourth-order valence-electron chi connectivity index (χ4n) is 2.36. The highest BCUT2D eigenvalue weighted by Crippen LogP contribution is 2.29. The normalized spacial score (nSPS) is 11.8. The first-order chi connectivity index (χ1) is 14.4. The van der Waals surface area contributed by atoms with Crippen molar-refractivity contribution in [3.63, 3.8) is 0 Å². The van der Waals surface area contributed by atoms with Crippen LogP contribution in [-0.4, -0.2) is 23.3 Å². The lowest BCUT2D eigenvalue weighted by atomic mass is 10.1. The van der Waals surface area contributed by atoms with Crippen molar-refractivity contribution in [1.29, 1.82) is 0 Å². The molecule has 11 heteroatoms. The molecule has 2 amide bonds. The maximum atomic E-state index is 12.5. The Hall–Kier alpha value is -2.69. The summed E-state index contributed by atoms with van der Waals surface area (Å²) in [5.41, 5.74) is -0.554. The van der Waals surface area contributed by atoms with Gasteiger partial charge in [-0.2, -0.15) is 26.3 Å². The summed E-state index contributed by atoms with van der Waals surface area (Å²) in [5, 5.41) is 5.08. The van der Waals surface area contributed by atoms with E-state index in [0.29, 0.717) is 11.1 Å². The maximum absolute atomic E-state index is 12.5. The third-order valence-corrected chi connectivity index (χ3v) is 4.94. The van der Waals surface area contributed by atoms with Gasteiger partial charge in [0.05, 0.1) is 22.6 Å². The molecule has 0 radical (unpaired) electrons. The molecule has 168 valence electrons. The van der Waals surface area contributed by atoms with E-state index in [1.807, 2.05) is 0 Å². The van der Waals surface area contributed by atoms with Crippen LogP contribution in [0.1, 0.15) is 22.3 Å². The van der Waals surface area contributed by atoms with Crippen molar-refractivity contribution in [2.75, 3.05) is 11.5 Å². The predicted octanol–water partition coefficient (Wildman–Crippen LogP) is 4.39. The summed E-state index contributed by atoms with van der Waals surface area (Å²) in [4.78, 5) is 23.6. The summed E-state index contributed by atoms with van der Waals surface area (Å²) in [6.45, 7) is 0.106. The third kappa shape index (κ3) is 8.52. The van der Waals surface area contributed by atoms with E-state index in [4.69, 9.17) is 0 Å². The number of benzene rings is 2. The van der Waals surface area contributed by atoms with Crippen LogP contribution in [0.5, 0.6) is 0 Å². The van der Waals surface area contributed by atoms with Crippen LogP contribution in [0.2, 0.25) is 0 Å². The van der Waals surface area contributed by atoms with Crippen molar-refractivity contribution in [2.24, 2.45) is 0 Å². The summed E-state index contributed by atoms with van der Waals surface area (Å²) in [5.74, 6) is -0.844. The Labute approximate surface area is 178 Å². The minimum atomic E-state index is -4.43. The van der Waals surface area contributed by atoms with Gasteiger partial charge in [0.1, 0.15) is 0 Å². The van der Waals surface area contributed by atoms with Gasteiger partial charge in [0.15, 0.2) is 0 Å². The highest BCUT2D eigenvalue weighted by Gasteiger charge is 2.30. The molecule has 0 aliphatic carbocycles. The molecule has 0 spiro atoms. The fraction of sp³-hybridized carbons (Fsp3) is 0.300. The van der Waals surface area contributed by atoms with E-state index < -0.39 is 23.5 Å². The van der Waals surface area contributed by atoms with E-state index in [-0.39, 0.29) is 36.4 Å². The third-order valence-electron chi connectivity index (χ3n) is 4.01. The highest BCUT2D eigenvalue weighted by atomic mass is 32.2. The second kappa shape index (κ2) is 10.6. The molecule has 31 heavy (non-hydrogen) atoms. The average Bonchev–Trinajstić information content (AvgIpc) is 2.70. The Morgan fingerprint density at radius 2 is 0.968 bits per heavy atom. The monoisotopic (exact) mass is 464 g/mol. The van der Waals surface area contributed by atoms with Crippen LogP contribution in [0.4, 0.5) is 26.3 Å². The quantitative estimate of drug-likeness (QED) is 0.570. The standard InChI is InChI=1S/C20H18F6N2O2S/c21-19(22,23)15-5-1-13(2-6-15)9-27-17(29)11-31-12-18(30)28-10-14-3-7-16(8-4-14)20(24,25)26/h1-8H,9-12H2,(H,27,29)(H,28,30). The molecular formula is C20H18F6N2O2S. The number of rotatable bonds is 8. The Kier molecular flexibility index (Phi) is 8.37. The number of thioether (sulfide) groups is 1. The van der Waals surface area contributed by atoms with Crippen LogP contribution in [0, 0.1) is 0 Å². The van der Waals surface area contributed by atoms with E-state index >= 15 is 0 Å². The van der Waals surface area contributed by atoms with E-state index in [0.717, 1.165) is 36.0 Å². The van der Waals surface area contributed by atoms with Gasteiger partial charge in [0, 0.05) is 13.1 Å². The first-order valence-corrected chi connectivity index (χ1v) is 10.0. The van der Waals surface area contributed by atoms with Crippen LogP contribution in [-0.2, 0) is 35.0 Å². The van der Waals surface area contributed by atoms with Crippen LogP contribution in [0.25, 0.3) is 0 Å². The summed E-state index contributed by atoms with van der Waals surface area (Å²) >= 11 is 1.03. The van der Waals surface area contributed by atoms with Crippen LogP contribution in [0.3, 0.4) is 0 Å². The molecule has 0 aliphatic rings. The molecular weight excluding hydrogens is 446 g/mol. The molecule has 2 N–H and O–H groups in total. The van der Waals surface area contributed by atoms with Crippen molar-refractivity contribution in [3.8, 4) is 0 Å². The van der Waals surface area contributed by atoms with Crippen molar-refractivity contribution >= 4 is 23.6 Å². The predicted molar refractivity (Wildman–Crippen MR) is 104 cm³/mol. The molecule has 2 aromatic rings. The lowest BCUT2D eigenvalue weighted by molar-refractivity contribution is -0.138. The number of alkyl halides is 6. The van der Waals surface area contributed by atoms with Gasteiger partial charge in [0.2, 0.25) is 11.8 Å². The van der Waals surface area contributed by atoms with Gasteiger partial charge in [-0.15, -0.1) is 11.8 Å². The molecule has 0 atom stereocenters. The minimum absolute atomic E-state index is 0.0334. The van der Waals surface area contributed by atoms with E-state index in [1.165, 1.54) is 24.3 Å². The first-order valence-electron chi connectivity index (χ1n) is 8.88. The van der Waals surface area contributed by atoms with Gasteiger partial charge in [-0.1, -0.05) is 24.3 Å². The summed E-state index contributed by atoms with van der Waals surface area (Å²) in [6, 6.07) is 8.79. The largest absolute Gasteiger partial charge is 0.416 e. The van der Waals surface area contributed by atoms with Gasteiger partial charge >= 0.3 is 12.4 Å². The van der Waals surface area contributed by atoms with Gasteiger partial charge in [-0.05, 0) is 35.4 Å². The zero-order valence-corrected chi connectivity index (χ0v) is 16.8. The number of amides is 2. The van der Waals surface area contributed by atoms with Crippen LogP contribution < -0.4 is 10.6 Å². The Morgan fingerprint density at radius 1 is 0.645 bits per heavy atom. The molecule has 0 aliphatic heterocycles. The summed E-state index contributed by atoms with van der Waals surface area (Å²) < 4.78 is 75.0. The zero-order valence-electron chi connectivity index (χ0n) is 15.9. The lowest BCUT2D eigenvalue weighted by Crippen LogP contribution is -2.27. The average molecular weight is 464 g/mol. The molecule has 0 heterocycles. The topological polar surface area (TPSA) is 58.2 Å². The number of hydrogen-bond acceptors (Lipinski definition) is 3. The van der Waals surface area contributed by atoms with Crippen LogP contribution in [0.15, 0.2) is 48.5 Å². The molecule has 0 saturated heterocycles. The number of carbonyl (C=O) groups is 2. The number of nitrogens with one attached hydrogen (secondary N) is 2. The molecule has 0 bridgehead atoms. The smallest absolute Gasteiger partial charge is 0.351 e. The van der Waals surface area contributed by atoms with Crippen molar-refractivity contribution < 1.29 is 35.9 Å².